The predicted octanol–water partition coefficient (Wildman–Crippen LogP) is 2.59. The summed E-state index contributed by atoms with van der Waals surface area (Å²) in [4.78, 5) is 0. The molecule has 0 bridgehead atoms. The van der Waals surface area contributed by atoms with Crippen molar-refractivity contribution in [3.63, 3.8) is 0 Å². The van der Waals surface area contributed by atoms with E-state index < -0.39 is 5.28 Å². The van der Waals surface area contributed by atoms with E-state index >= 15 is 0 Å². The highest BCUT2D eigenvalue weighted by Crippen LogP contribution is 2.19. The van der Waals surface area contributed by atoms with Crippen LogP contribution in [0.4, 0.5) is 0 Å². The highest BCUT2D eigenvalue weighted by atomic mass is 79.9. The fourth-order valence-electron chi connectivity index (χ4n) is 0.668. The average Bonchev–Trinajstić information content (AvgIpc) is 2.03. The molecule has 0 unspecified atom stereocenters. The zero-order valence-corrected chi connectivity index (χ0v) is 7.10. The van der Waals surface area contributed by atoms with Crippen molar-refractivity contribution in [2.24, 2.45) is 0 Å². The minimum Gasteiger partial charge on any atom is -0.496 e. The van der Waals surface area contributed by atoms with Gasteiger partial charge in [0.1, 0.15) is 5.75 Å². The molecule has 54 valence electrons. The molecule has 0 heterocycles. The second kappa shape index (κ2) is 3.62. The van der Waals surface area contributed by atoms with Crippen molar-refractivity contribution in [1.29, 1.82) is 0 Å². The summed E-state index contributed by atoms with van der Waals surface area (Å²) in [6, 6.07) is 4.84. The Balaban J connectivity index is 3.24. The Morgan fingerprint density at radius 3 is 3.20 bits per heavy atom. The number of ether oxygens (including phenoxy) is 1. The fourth-order valence-corrected chi connectivity index (χ4v) is 0.978. The molecule has 1 nitrogen and oxygen atoms in total. The Labute approximate surface area is 73.4 Å². The number of rotatable bonds is 2. The summed E-state index contributed by atoms with van der Waals surface area (Å²) in [5, 5.41) is -1.66. The number of benzene rings is 1. The van der Waals surface area contributed by atoms with E-state index in [4.69, 9.17) is 8.85 Å². The largest absolute Gasteiger partial charge is 0.496 e. The van der Waals surface area contributed by atoms with E-state index in [0.717, 1.165) is 0 Å². The van der Waals surface area contributed by atoms with E-state index in [1.165, 1.54) is 13.2 Å². The molecule has 2 heteroatoms. The van der Waals surface area contributed by atoms with Crippen molar-refractivity contribution in [3.05, 3.63) is 29.8 Å². The minimum absolute atomic E-state index is 0.263. The summed E-state index contributed by atoms with van der Waals surface area (Å²) in [6.07, 6.45) is 0. The average molecular weight is 204 g/mol. The van der Waals surface area contributed by atoms with Crippen molar-refractivity contribution >= 4 is 15.9 Å². The molecule has 0 radical (unpaired) electrons. The number of alkyl halides is 1. The van der Waals surface area contributed by atoms with E-state index in [2.05, 4.69) is 15.9 Å². The van der Waals surface area contributed by atoms with Gasteiger partial charge in [0.25, 0.3) is 0 Å². The van der Waals surface area contributed by atoms with Crippen LogP contribution >= 0.6 is 15.9 Å². The lowest BCUT2D eigenvalue weighted by atomic mass is 10.2. The molecule has 0 spiro atoms. The van der Waals surface area contributed by atoms with Gasteiger partial charge in [-0.25, -0.2) is 0 Å². The normalized spacial score (nSPS) is 15.2. The maximum atomic E-state index is 7.43. The summed E-state index contributed by atoms with van der Waals surface area (Å²) < 4.78 is 27.2. The third-order valence-corrected chi connectivity index (χ3v) is 1.57. The Morgan fingerprint density at radius 1 is 1.80 bits per heavy atom. The second-order valence-electron chi connectivity index (χ2n) is 1.72. The zero-order valence-electron chi connectivity index (χ0n) is 8.52. The maximum Gasteiger partial charge on any atom is 0.122 e. The van der Waals surface area contributed by atoms with Gasteiger partial charge in [0.05, 0.1) is 8.48 Å². The van der Waals surface area contributed by atoms with Gasteiger partial charge in [-0.15, -0.1) is 0 Å². The molecular formula is C8H9BrO. The second-order valence-corrected chi connectivity index (χ2v) is 2.12. The van der Waals surface area contributed by atoms with Crippen molar-refractivity contribution in [2.75, 3.05) is 7.11 Å². The molecule has 0 aliphatic carbocycles. The van der Waals surface area contributed by atoms with Gasteiger partial charge in [-0.1, -0.05) is 34.1 Å². The summed E-state index contributed by atoms with van der Waals surface area (Å²) in [5.74, 6) is 0.442. The molecule has 1 aromatic carbocycles. The highest BCUT2D eigenvalue weighted by molar-refractivity contribution is 9.08. The van der Waals surface area contributed by atoms with E-state index in [1.54, 1.807) is 12.1 Å². The van der Waals surface area contributed by atoms with Crippen LogP contribution in [0.5, 0.6) is 5.75 Å². The SMILES string of the molecule is [2H]c1ccc(OC)c(C([2H])([2H])Br)c1. The van der Waals surface area contributed by atoms with Crippen LogP contribution in [0.3, 0.4) is 0 Å². The van der Waals surface area contributed by atoms with Gasteiger partial charge in [0, 0.05) is 13.6 Å². The van der Waals surface area contributed by atoms with Crippen molar-refractivity contribution < 1.29 is 8.85 Å². The van der Waals surface area contributed by atoms with Crippen LogP contribution in [0.25, 0.3) is 0 Å². The highest BCUT2D eigenvalue weighted by Gasteiger charge is 1.96. The first-order chi connectivity index (χ1) is 5.95. The minimum atomic E-state index is -1.66. The maximum absolute atomic E-state index is 7.43. The molecule has 0 saturated carbocycles. The van der Waals surface area contributed by atoms with Gasteiger partial charge in [-0.2, -0.15) is 0 Å². The molecule has 0 saturated heterocycles. The molecule has 0 aliphatic rings. The first-order valence-electron chi connectivity index (χ1n) is 4.29. The number of hydrogen-bond acceptors (Lipinski definition) is 1. The number of methoxy groups -OCH3 is 1. The van der Waals surface area contributed by atoms with E-state index in [1.807, 2.05) is 0 Å². The Kier molecular flexibility index (Phi) is 1.59. The van der Waals surface area contributed by atoms with Gasteiger partial charge in [0.15, 0.2) is 0 Å². The first kappa shape index (κ1) is 4.39. The molecule has 1 aromatic rings. The van der Waals surface area contributed by atoms with Crippen molar-refractivity contribution in [1.82, 2.24) is 0 Å². The standard InChI is InChI=1S/C8H9BrO/c1-10-8-5-3-2-4-7(8)6-9/h2-5H,6H2,1H3/i2D,6D2. The van der Waals surface area contributed by atoms with Gasteiger partial charge in [-0.05, 0) is 6.07 Å². The number of halogens is 1. The molecule has 0 atom stereocenters. The quantitative estimate of drug-likeness (QED) is 0.672. The fraction of sp³-hybridized carbons (Fsp3) is 0.250. The Morgan fingerprint density at radius 2 is 2.60 bits per heavy atom. The number of para-hydroxylation sites is 1. The van der Waals surface area contributed by atoms with Crippen molar-refractivity contribution in [3.8, 4) is 5.75 Å². The molecule has 0 fully saturated rings. The van der Waals surface area contributed by atoms with Crippen LogP contribution < -0.4 is 4.74 Å². The number of hydrogen-bond donors (Lipinski definition) is 0. The van der Waals surface area contributed by atoms with Crippen LogP contribution in [0, 0.1) is 0 Å². The smallest absolute Gasteiger partial charge is 0.122 e. The molecule has 0 aliphatic heterocycles. The molecule has 0 aromatic heterocycles. The third-order valence-electron chi connectivity index (χ3n) is 1.15. The summed E-state index contributed by atoms with van der Waals surface area (Å²) in [6.45, 7) is 0. The van der Waals surface area contributed by atoms with Crippen molar-refractivity contribution in [2.45, 2.75) is 5.28 Å². The third kappa shape index (κ3) is 1.51. The van der Waals surface area contributed by atoms with Crippen LogP contribution in [-0.4, -0.2) is 7.11 Å². The molecule has 10 heavy (non-hydrogen) atoms. The summed E-state index contributed by atoms with van der Waals surface area (Å²) >= 11 is 2.88. The molecule has 1 rings (SSSR count). The Hall–Kier alpha value is -0.500. The lowest BCUT2D eigenvalue weighted by Gasteiger charge is -2.03. The van der Waals surface area contributed by atoms with E-state index in [0.29, 0.717) is 11.3 Å². The van der Waals surface area contributed by atoms with Gasteiger partial charge in [-0.3, -0.25) is 0 Å². The van der Waals surface area contributed by atoms with Gasteiger partial charge >= 0.3 is 0 Å². The van der Waals surface area contributed by atoms with Crippen LogP contribution in [0.1, 0.15) is 9.68 Å². The van der Waals surface area contributed by atoms with Gasteiger partial charge in [0.2, 0.25) is 0 Å². The van der Waals surface area contributed by atoms with Gasteiger partial charge < -0.3 is 4.74 Å². The predicted molar refractivity (Wildman–Crippen MR) is 45.6 cm³/mol. The molecule has 0 amide bonds. The summed E-state index contributed by atoms with van der Waals surface area (Å²) in [7, 11) is 1.47. The monoisotopic (exact) mass is 203 g/mol. The topological polar surface area (TPSA) is 9.23 Å². The lowest BCUT2D eigenvalue weighted by Crippen LogP contribution is -1.87. The summed E-state index contributed by atoms with van der Waals surface area (Å²) in [5.41, 5.74) is 0.336. The zero-order chi connectivity index (χ0) is 10.1. The molecule has 0 N–H and O–H groups in total. The van der Waals surface area contributed by atoms with E-state index in [-0.39, 0.29) is 6.04 Å². The van der Waals surface area contributed by atoms with E-state index in [9.17, 15) is 0 Å². The Bertz CT molecular complexity index is 309. The van der Waals surface area contributed by atoms with Crippen LogP contribution in [-0.2, 0) is 5.28 Å². The lowest BCUT2D eigenvalue weighted by molar-refractivity contribution is 0.411. The van der Waals surface area contributed by atoms with Crippen LogP contribution in [0.2, 0.25) is 0 Å². The first-order valence-corrected chi connectivity index (χ1v) is 3.58. The van der Waals surface area contributed by atoms with Crippen LogP contribution in [0.15, 0.2) is 24.2 Å². The molecular weight excluding hydrogens is 192 g/mol.